The van der Waals surface area contributed by atoms with Gasteiger partial charge < -0.3 is 15.0 Å². The molecule has 0 fully saturated rings. The minimum Gasteiger partial charge on any atom is -0.487 e. The molecule has 1 aromatic carbocycles. The lowest BCUT2D eigenvalue weighted by atomic mass is 10.1. The molecule has 0 saturated carbocycles. The number of fused-ring (bicyclic) bond motifs is 1. The number of aromatic nitrogens is 2. The van der Waals surface area contributed by atoms with Crippen LogP contribution < -0.4 is 10.5 Å². The summed E-state index contributed by atoms with van der Waals surface area (Å²) in [6, 6.07) is 10.1. The molecular formula is C17H19N3O. The monoisotopic (exact) mass is 281 g/mol. The van der Waals surface area contributed by atoms with Crippen molar-refractivity contribution in [1.82, 2.24) is 9.55 Å². The molecule has 4 nitrogen and oxygen atoms in total. The lowest BCUT2D eigenvalue weighted by molar-refractivity contribution is 0.306. The van der Waals surface area contributed by atoms with Gasteiger partial charge in [-0.25, -0.2) is 0 Å². The first-order chi connectivity index (χ1) is 10.3. The van der Waals surface area contributed by atoms with E-state index >= 15 is 0 Å². The van der Waals surface area contributed by atoms with Gasteiger partial charge in [0.2, 0.25) is 0 Å². The fourth-order valence-corrected chi connectivity index (χ4v) is 2.65. The molecule has 0 atom stereocenters. The molecule has 0 aliphatic carbocycles. The molecule has 2 N–H and O–H groups in total. The standard InChI is InChI=1S/C17H19N3O/c1-2-20-11-14(12-21-15-6-4-8-19-10-15)17-13(9-18)5-3-7-16(17)20/h3-8,10-11H,2,9,12,18H2,1H3. The van der Waals surface area contributed by atoms with Crippen molar-refractivity contribution in [2.45, 2.75) is 26.6 Å². The zero-order valence-electron chi connectivity index (χ0n) is 12.1. The van der Waals surface area contributed by atoms with Crippen LogP contribution in [-0.4, -0.2) is 9.55 Å². The predicted molar refractivity (Wildman–Crippen MR) is 84.1 cm³/mol. The van der Waals surface area contributed by atoms with E-state index in [9.17, 15) is 0 Å². The Kier molecular flexibility index (Phi) is 3.88. The number of ether oxygens (including phenoxy) is 1. The maximum Gasteiger partial charge on any atom is 0.138 e. The Bertz CT molecular complexity index is 734. The van der Waals surface area contributed by atoms with Crippen molar-refractivity contribution in [1.29, 1.82) is 0 Å². The number of rotatable bonds is 5. The van der Waals surface area contributed by atoms with E-state index in [-0.39, 0.29) is 0 Å². The van der Waals surface area contributed by atoms with Crippen molar-refractivity contribution in [3.8, 4) is 5.75 Å². The summed E-state index contributed by atoms with van der Waals surface area (Å²) in [4.78, 5) is 4.06. The first-order valence-electron chi connectivity index (χ1n) is 7.16. The minimum absolute atomic E-state index is 0.520. The third-order valence-electron chi connectivity index (χ3n) is 3.66. The van der Waals surface area contributed by atoms with Crippen LogP contribution in [0, 0.1) is 0 Å². The van der Waals surface area contributed by atoms with E-state index in [0.717, 1.165) is 23.4 Å². The topological polar surface area (TPSA) is 53.1 Å². The molecule has 0 unspecified atom stereocenters. The molecule has 108 valence electrons. The van der Waals surface area contributed by atoms with E-state index < -0.39 is 0 Å². The number of benzene rings is 1. The summed E-state index contributed by atoms with van der Waals surface area (Å²) in [6.45, 7) is 4.12. The highest BCUT2D eigenvalue weighted by Gasteiger charge is 2.11. The van der Waals surface area contributed by atoms with Crippen molar-refractivity contribution in [3.63, 3.8) is 0 Å². The van der Waals surface area contributed by atoms with E-state index in [1.165, 1.54) is 10.9 Å². The van der Waals surface area contributed by atoms with E-state index in [1.807, 2.05) is 12.1 Å². The summed E-state index contributed by atoms with van der Waals surface area (Å²) in [6.07, 6.45) is 5.62. The van der Waals surface area contributed by atoms with Gasteiger partial charge in [0, 0.05) is 41.9 Å². The van der Waals surface area contributed by atoms with Crippen LogP contribution >= 0.6 is 0 Å². The highest BCUT2D eigenvalue weighted by Crippen LogP contribution is 2.26. The van der Waals surface area contributed by atoms with Gasteiger partial charge in [0.25, 0.3) is 0 Å². The molecule has 2 aromatic heterocycles. The number of hydrogen-bond acceptors (Lipinski definition) is 3. The average molecular weight is 281 g/mol. The maximum atomic E-state index is 5.88. The Hall–Kier alpha value is -2.33. The van der Waals surface area contributed by atoms with Gasteiger partial charge >= 0.3 is 0 Å². The van der Waals surface area contributed by atoms with Gasteiger partial charge in [-0.1, -0.05) is 12.1 Å². The van der Waals surface area contributed by atoms with Crippen molar-refractivity contribution in [3.05, 3.63) is 60.0 Å². The van der Waals surface area contributed by atoms with Crippen LogP contribution in [0.5, 0.6) is 5.75 Å². The summed E-state index contributed by atoms with van der Waals surface area (Å²) in [5.41, 5.74) is 9.42. The number of aryl methyl sites for hydroxylation is 1. The Morgan fingerprint density at radius 2 is 2.10 bits per heavy atom. The number of nitrogens with zero attached hydrogens (tertiary/aromatic N) is 2. The molecule has 4 heteroatoms. The van der Waals surface area contributed by atoms with Gasteiger partial charge in [-0.15, -0.1) is 0 Å². The molecule has 0 aliphatic heterocycles. The quantitative estimate of drug-likeness (QED) is 0.782. The molecule has 0 amide bonds. The molecule has 3 rings (SSSR count). The number of pyridine rings is 1. The van der Waals surface area contributed by atoms with E-state index in [4.69, 9.17) is 10.5 Å². The average Bonchev–Trinajstić information content (AvgIpc) is 2.92. The van der Waals surface area contributed by atoms with Crippen molar-refractivity contribution in [2.24, 2.45) is 5.73 Å². The van der Waals surface area contributed by atoms with Crippen LogP contribution in [0.2, 0.25) is 0 Å². The molecule has 0 bridgehead atoms. The molecule has 21 heavy (non-hydrogen) atoms. The third-order valence-corrected chi connectivity index (χ3v) is 3.66. The Morgan fingerprint density at radius 1 is 1.19 bits per heavy atom. The van der Waals surface area contributed by atoms with Gasteiger partial charge in [0.1, 0.15) is 12.4 Å². The second-order valence-corrected chi connectivity index (χ2v) is 4.93. The van der Waals surface area contributed by atoms with E-state index in [1.54, 1.807) is 12.4 Å². The summed E-state index contributed by atoms with van der Waals surface area (Å²) in [5, 5.41) is 1.21. The molecule has 0 aliphatic rings. The van der Waals surface area contributed by atoms with Crippen LogP contribution in [0.1, 0.15) is 18.1 Å². The van der Waals surface area contributed by atoms with Crippen LogP contribution in [-0.2, 0) is 19.7 Å². The third kappa shape index (κ3) is 2.62. The SMILES string of the molecule is CCn1cc(COc2cccnc2)c2c(CN)cccc21. The van der Waals surface area contributed by atoms with Crippen LogP contribution in [0.4, 0.5) is 0 Å². The Morgan fingerprint density at radius 3 is 2.81 bits per heavy atom. The smallest absolute Gasteiger partial charge is 0.138 e. The Labute approximate surface area is 124 Å². The van der Waals surface area contributed by atoms with Gasteiger partial charge in [-0.2, -0.15) is 0 Å². The van der Waals surface area contributed by atoms with E-state index in [2.05, 4.69) is 40.9 Å². The van der Waals surface area contributed by atoms with Crippen LogP contribution in [0.25, 0.3) is 10.9 Å². The summed E-state index contributed by atoms with van der Waals surface area (Å²) >= 11 is 0. The Balaban J connectivity index is 1.98. The van der Waals surface area contributed by atoms with Gasteiger partial charge in [-0.05, 0) is 30.7 Å². The summed E-state index contributed by atoms with van der Waals surface area (Å²) in [5.74, 6) is 0.778. The lowest BCUT2D eigenvalue weighted by Gasteiger charge is -2.06. The maximum absolute atomic E-state index is 5.88. The number of nitrogens with two attached hydrogens (primary N) is 1. The number of hydrogen-bond donors (Lipinski definition) is 1. The second-order valence-electron chi connectivity index (χ2n) is 4.93. The summed E-state index contributed by atoms with van der Waals surface area (Å²) in [7, 11) is 0. The molecule has 0 saturated heterocycles. The molecule has 3 aromatic rings. The van der Waals surface area contributed by atoms with Crippen LogP contribution in [0.15, 0.2) is 48.9 Å². The minimum atomic E-state index is 0.520. The molecular weight excluding hydrogens is 262 g/mol. The summed E-state index contributed by atoms with van der Waals surface area (Å²) < 4.78 is 8.07. The zero-order valence-corrected chi connectivity index (χ0v) is 12.1. The molecule has 0 radical (unpaired) electrons. The lowest BCUT2D eigenvalue weighted by Crippen LogP contribution is -2.00. The zero-order chi connectivity index (χ0) is 14.7. The van der Waals surface area contributed by atoms with Crippen molar-refractivity contribution >= 4 is 10.9 Å². The van der Waals surface area contributed by atoms with Crippen molar-refractivity contribution in [2.75, 3.05) is 0 Å². The first kappa shape index (κ1) is 13.6. The normalized spacial score (nSPS) is 11.0. The molecule has 0 spiro atoms. The van der Waals surface area contributed by atoms with Crippen molar-refractivity contribution < 1.29 is 4.74 Å². The molecule has 2 heterocycles. The fraction of sp³-hybridized carbons (Fsp3) is 0.235. The fourth-order valence-electron chi connectivity index (χ4n) is 2.65. The van der Waals surface area contributed by atoms with Gasteiger partial charge in [-0.3, -0.25) is 4.98 Å². The largest absolute Gasteiger partial charge is 0.487 e. The van der Waals surface area contributed by atoms with Gasteiger partial charge in [0.05, 0.1) is 6.20 Å². The van der Waals surface area contributed by atoms with Gasteiger partial charge in [0.15, 0.2) is 0 Å². The second kappa shape index (κ2) is 5.97. The van der Waals surface area contributed by atoms with Crippen LogP contribution in [0.3, 0.4) is 0 Å². The highest BCUT2D eigenvalue weighted by molar-refractivity contribution is 5.87. The predicted octanol–water partition coefficient (Wildman–Crippen LogP) is 3.09. The van der Waals surface area contributed by atoms with E-state index in [0.29, 0.717) is 13.2 Å². The first-order valence-corrected chi connectivity index (χ1v) is 7.16. The highest BCUT2D eigenvalue weighted by atomic mass is 16.5.